The maximum absolute atomic E-state index is 9.79. The van der Waals surface area contributed by atoms with E-state index >= 15 is 0 Å². The summed E-state index contributed by atoms with van der Waals surface area (Å²) in [5, 5.41) is 14.1. The number of pyridine rings is 1. The Balaban J connectivity index is 1.66. The van der Waals surface area contributed by atoms with Crippen LogP contribution in [0.1, 0.15) is 52.0 Å². The largest absolute Gasteiger partial charge is 0.372 e. The molecule has 36 heavy (non-hydrogen) atoms. The van der Waals surface area contributed by atoms with E-state index in [1.807, 2.05) is 24.4 Å². The van der Waals surface area contributed by atoms with E-state index in [0.717, 1.165) is 83.6 Å². The van der Waals surface area contributed by atoms with Crippen LogP contribution in [0.25, 0.3) is 33.4 Å². The number of nitrogens with zero attached hydrogens (tertiary/aromatic N) is 3. The minimum absolute atomic E-state index is 0.602. The number of nitriles is 1. The van der Waals surface area contributed by atoms with Gasteiger partial charge in [0.25, 0.3) is 0 Å². The zero-order valence-corrected chi connectivity index (χ0v) is 21.6. The van der Waals surface area contributed by atoms with Crippen molar-refractivity contribution in [1.29, 1.82) is 5.26 Å². The number of allylic oxidation sites excluding steroid dienone is 1. The van der Waals surface area contributed by atoms with Crippen molar-refractivity contribution in [1.82, 2.24) is 9.97 Å². The Labute approximate surface area is 214 Å². The summed E-state index contributed by atoms with van der Waals surface area (Å²) >= 11 is 0. The molecule has 5 heteroatoms. The Morgan fingerprint density at radius 2 is 1.69 bits per heavy atom. The van der Waals surface area contributed by atoms with Crippen LogP contribution in [0, 0.1) is 11.3 Å². The molecule has 2 aromatic carbocycles. The van der Waals surface area contributed by atoms with Gasteiger partial charge in [0.05, 0.1) is 11.3 Å². The lowest BCUT2D eigenvalue weighted by atomic mass is 10.00. The van der Waals surface area contributed by atoms with Crippen LogP contribution in [0.15, 0.2) is 73.1 Å². The molecule has 0 aliphatic carbocycles. The number of anilines is 2. The molecule has 0 saturated carbocycles. The lowest BCUT2D eigenvalue weighted by Crippen LogP contribution is -2.24. The van der Waals surface area contributed by atoms with Crippen molar-refractivity contribution in [3.8, 4) is 28.5 Å². The predicted octanol–water partition coefficient (Wildman–Crippen LogP) is 8.12. The quantitative estimate of drug-likeness (QED) is 0.229. The molecule has 2 N–H and O–H groups in total. The molecule has 4 rings (SSSR count). The Kier molecular flexibility index (Phi) is 8.07. The number of aromatic amines is 1. The van der Waals surface area contributed by atoms with Crippen LogP contribution in [0.4, 0.5) is 11.4 Å². The maximum Gasteiger partial charge on any atom is 0.138 e. The molecule has 2 heterocycles. The van der Waals surface area contributed by atoms with Crippen molar-refractivity contribution in [3.05, 3.63) is 78.6 Å². The highest BCUT2D eigenvalue weighted by molar-refractivity contribution is 5.96. The van der Waals surface area contributed by atoms with Crippen molar-refractivity contribution in [2.75, 3.05) is 23.3 Å². The first-order valence-electron chi connectivity index (χ1n) is 12.9. The van der Waals surface area contributed by atoms with Gasteiger partial charge in [-0.2, -0.15) is 5.26 Å². The van der Waals surface area contributed by atoms with Crippen molar-refractivity contribution in [3.63, 3.8) is 0 Å². The van der Waals surface area contributed by atoms with Crippen molar-refractivity contribution >= 4 is 22.4 Å². The van der Waals surface area contributed by atoms with Crippen molar-refractivity contribution < 1.29 is 0 Å². The van der Waals surface area contributed by atoms with Gasteiger partial charge in [0, 0.05) is 41.8 Å². The number of H-pyrrole nitrogens is 1. The molecular weight excluding hydrogens is 442 g/mol. The van der Waals surface area contributed by atoms with E-state index in [1.54, 1.807) is 0 Å². The molecule has 0 aliphatic heterocycles. The van der Waals surface area contributed by atoms with Gasteiger partial charge in [0.1, 0.15) is 11.7 Å². The van der Waals surface area contributed by atoms with Gasteiger partial charge in [-0.05, 0) is 72.4 Å². The minimum Gasteiger partial charge on any atom is -0.372 e. The normalized spacial score (nSPS) is 10.8. The molecule has 0 atom stereocenters. The summed E-state index contributed by atoms with van der Waals surface area (Å²) in [6.07, 6.45) is 5.97. The fourth-order valence-electron chi connectivity index (χ4n) is 4.66. The van der Waals surface area contributed by atoms with E-state index < -0.39 is 0 Å². The van der Waals surface area contributed by atoms with E-state index in [-0.39, 0.29) is 0 Å². The molecular formula is C31H35N5. The van der Waals surface area contributed by atoms with Crippen LogP contribution in [0.5, 0.6) is 0 Å². The highest BCUT2D eigenvalue weighted by Crippen LogP contribution is 2.34. The second-order valence-corrected chi connectivity index (χ2v) is 9.19. The van der Waals surface area contributed by atoms with E-state index in [4.69, 9.17) is 0 Å². The maximum atomic E-state index is 9.79. The molecule has 5 nitrogen and oxygen atoms in total. The van der Waals surface area contributed by atoms with Gasteiger partial charge in [-0.15, -0.1) is 0 Å². The lowest BCUT2D eigenvalue weighted by molar-refractivity contribution is 0.745. The van der Waals surface area contributed by atoms with E-state index in [1.165, 1.54) is 5.69 Å². The number of aromatic nitrogens is 2. The number of hydrogen-bond acceptors (Lipinski definition) is 4. The fraction of sp³-hybridized carbons (Fsp3) is 0.290. The smallest absolute Gasteiger partial charge is 0.138 e. The molecule has 0 amide bonds. The molecule has 2 aromatic heterocycles. The predicted molar refractivity (Wildman–Crippen MR) is 152 cm³/mol. The number of fused-ring (bicyclic) bond motifs is 1. The average molecular weight is 478 g/mol. The van der Waals surface area contributed by atoms with Gasteiger partial charge in [0.2, 0.25) is 0 Å². The zero-order valence-electron chi connectivity index (χ0n) is 21.6. The minimum atomic E-state index is 0.602. The first kappa shape index (κ1) is 25.1. The average Bonchev–Trinajstić information content (AvgIpc) is 3.34. The molecule has 0 unspecified atom stereocenters. The lowest BCUT2D eigenvalue weighted by Gasteiger charge is -2.23. The van der Waals surface area contributed by atoms with Gasteiger partial charge in [0.15, 0.2) is 0 Å². The summed E-state index contributed by atoms with van der Waals surface area (Å²) in [7, 11) is 0. The second-order valence-electron chi connectivity index (χ2n) is 9.19. The van der Waals surface area contributed by atoms with Crippen molar-refractivity contribution in [2.45, 2.75) is 46.5 Å². The standard InChI is InChI=1S/C31H35N5/c1-5-8-22(4)34-29-14-11-24(19-25(29)21-32)27-15-16-33-31-28(27)20-30(35-31)23-9-12-26(13-10-23)36(17-6-2)18-7-3/h9-16,19-20,34H,4-8,17-18H2,1-3H3,(H,33,35). The first-order chi connectivity index (χ1) is 17.6. The van der Waals surface area contributed by atoms with E-state index in [9.17, 15) is 5.26 Å². The third-order valence-corrected chi connectivity index (χ3v) is 6.38. The van der Waals surface area contributed by atoms with Crippen LogP contribution in [0.3, 0.4) is 0 Å². The Bertz CT molecular complexity index is 1370. The first-order valence-corrected chi connectivity index (χ1v) is 12.9. The monoisotopic (exact) mass is 477 g/mol. The topological polar surface area (TPSA) is 67.7 Å². The number of nitrogens with one attached hydrogen (secondary N) is 2. The van der Waals surface area contributed by atoms with Crippen LogP contribution in [0.2, 0.25) is 0 Å². The van der Waals surface area contributed by atoms with Gasteiger partial charge in [-0.1, -0.05) is 52.0 Å². The Morgan fingerprint density at radius 3 is 2.36 bits per heavy atom. The third-order valence-electron chi connectivity index (χ3n) is 6.38. The van der Waals surface area contributed by atoms with Crippen LogP contribution < -0.4 is 10.2 Å². The fourth-order valence-corrected chi connectivity index (χ4v) is 4.66. The molecule has 0 fully saturated rings. The molecule has 0 radical (unpaired) electrons. The summed E-state index contributed by atoms with van der Waals surface area (Å²) in [4.78, 5) is 10.5. The Morgan fingerprint density at radius 1 is 0.972 bits per heavy atom. The van der Waals surface area contributed by atoms with Gasteiger partial charge >= 0.3 is 0 Å². The summed E-state index contributed by atoms with van der Waals surface area (Å²) in [6, 6.07) is 21.2. The molecule has 0 saturated heterocycles. The second kappa shape index (κ2) is 11.6. The van der Waals surface area contributed by atoms with E-state index in [0.29, 0.717) is 5.56 Å². The van der Waals surface area contributed by atoms with Crippen molar-refractivity contribution in [2.24, 2.45) is 0 Å². The summed E-state index contributed by atoms with van der Waals surface area (Å²) in [5.41, 5.74) is 8.60. The number of benzene rings is 2. The third kappa shape index (κ3) is 5.44. The molecule has 4 aromatic rings. The molecule has 0 aliphatic rings. The molecule has 184 valence electrons. The molecule has 0 bridgehead atoms. The van der Waals surface area contributed by atoms with Crippen LogP contribution in [-0.4, -0.2) is 23.1 Å². The van der Waals surface area contributed by atoms with Gasteiger partial charge in [-0.3, -0.25) is 0 Å². The Hall–Kier alpha value is -4.04. The number of rotatable bonds is 11. The summed E-state index contributed by atoms with van der Waals surface area (Å²) < 4.78 is 0. The highest BCUT2D eigenvalue weighted by Gasteiger charge is 2.13. The zero-order chi connectivity index (χ0) is 25.5. The summed E-state index contributed by atoms with van der Waals surface area (Å²) in [5.74, 6) is 0. The highest BCUT2D eigenvalue weighted by atomic mass is 15.1. The van der Waals surface area contributed by atoms with Crippen LogP contribution >= 0.6 is 0 Å². The molecule has 0 spiro atoms. The van der Waals surface area contributed by atoms with Crippen LogP contribution in [-0.2, 0) is 0 Å². The SMILES string of the molecule is C=C(CCC)Nc1ccc(-c2ccnc3[nH]c(-c4ccc(N(CCC)CCC)cc4)cc23)cc1C#N. The van der Waals surface area contributed by atoms with Gasteiger partial charge in [-0.25, -0.2) is 4.98 Å². The van der Waals surface area contributed by atoms with E-state index in [2.05, 4.69) is 90.0 Å². The van der Waals surface area contributed by atoms with Gasteiger partial charge < -0.3 is 15.2 Å². The number of hydrogen-bond donors (Lipinski definition) is 2. The summed E-state index contributed by atoms with van der Waals surface area (Å²) in [6.45, 7) is 12.8.